The van der Waals surface area contributed by atoms with Gasteiger partial charge in [-0.05, 0) is 22.4 Å². The smallest absolute Gasteiger partial charge is 0.284 e. The van der Waals surface area contributed by atoms with E-state index in [1.807, 2.05) is 6.92 Å². The summed E-state index contributed by atoms with van der Waals surface area (Å²) in [4.78, 5) is 11.3. The Morgan fingerprint density at radius 3 is 3.08 bits per heavy atom. The summed E-state index contributed by atoms with van der Waals surface area (Å²) in [6.45, 7) is 2.72. The highest BCUT2D eigenvalue weighted by Gasteiger charge is 2.14. The fraction of sp³-hybridized carbons (Fsp3) is 0.429. The second-order valence-electron chi connectivity index (χ2n) is 2.54. The quantitative estimate of drug-likeness (QED) is 0.468. The molecule has 1 rings (SSSR count). The van der Waals surface area contributed by atoms with Crippen molar-refractivity contribution in [1.82, 2.24) is 15.2 Å². The predicted octanol–water partition coefficient (Wildman–Crippen LogP) is 0.659. The van der Waals surface area contributed by atoms with E-state index in [1.54, 1.807) is 10.9 Å². The molecule has 0 radical (unpaired) electrons. The number of amides is 1. The van der Waals surface area contributed by atoms with Crippen LogP contribution in [0.2, 0.25) is 0 Å². The number of halogens is 1. The fourth-order valence-electron chi connectivity index (χ4n) is 1.04. The number of aryl methyl sites for hydroxylation is 1. The van der Waals surface area contributed by atoms with Crippen molar-refractivity contribution in [3.8, 4) is 0 Å². The first kappa shape index (κ1) is 10.2. The average Bonchev–Trinajstić information content (AvgIpc) is 2.47. The third kappa shape index (κ3) is 2.07. The molecular formula is C7H11BrN4O. The number of nitrogen functional groups attached to an aromatic ring is 1. The topological polar surface area (TPSA) is 72.9 Å². The summed E-state index contributed by atoms with van der Waals surface area (Å²) in [7, 11) is 0. The molecule has 0 aliphatic carbocycles. The van der Waals surface area contributed by atoms with Gasteiger partial charge in [0.05, 0.1) is 10.7 Å². The van der Waals surface area contributed by atoms with Crippen LogP contribution in [0.4, 0.5) is 0 Å². The zero-order valence-corrected chi connectivity index (χ0v) is 8.84. The van der Waals surface area contributed by atoms with Crippen molar-refractivity contribution < 1.29 is 4.79 Å². The number of nitrogens with one attached hydrogen (secondary N) is 1. The Hall–Kier alpha value is -0.880. The molecule has 0 saturated carbocycles. The molecule has 0 unspecified atom stereocenters. The van der Waals surface area contributed by atoms with E-state index in [1.165, 1.54) is 0 Å². The van der Waals surface area contributed by atoms with Gasteiger partial charge in [-0.15, -0.1) is 0 Å². The van der Waals surface area contributed by atoms with Crippen LogP contribution in [0.1, 0.15) is 23.8 Å². The number of rotatable bonds is 3. The van der Waals surface area contributed by atoms with E-state index in [9.17, 15) is 4.79 Å². The Balaban J connectivity index is 3.01. The van der Waals surface area contributed by atoms with E-state index in [-0.39, 0.29) is 5.91 Å². The van der Waals surface area contributed by atoms with Gasteiger partial charge in [-0.3, -0.25) is 14.9 Å². The second kappa shape index (κ2) is 4.38. The number of nitrogens with two attached hydrogens (primary N) is 1. The SMILES string of the molecule is CCCn1ncc(Br)c1C(=O)NN. The molecule has 0 saturated heterocycles. The second-order valence-corrected chi connectivity index (χ2v) is 3.39. The monoisotopic (exact) mass is 246 g/mol. The van der Waals surface area contributed by atoms with Crippen molar-refractivity contribution in [2.45, 2.75) is 19.9 Å². The van der Waals surface area contributed by atoms with Crippen LogP contribution in [0.3, 0.4) is 0 Å². The zero-order chi connectivity index (χ0) is 9.84. The number of carbonyl (C=O) groups is 1. The van der Waals surface area contributed by atoms with Crippen molar-refractivity contribution in [2.24, 2.45) is 5.84 Å². The van der Waals surface area contributed by atoms with Gasteiger partial charge in [-0.2, -0.15) is 5.10 Å². The van der Waals surface area contributed by atoms with Gasteiger partial charge >= 0.3 is 0 Å². The average molecular weight is 247 g/mol. The minimum absolute atomic E-state index is 0.335. The first-order valence-electron chi connectivity index (χ1n) is 3.93. The molecule has 5 nitrogen and oxygen atoms in total. The summed E-state index contributed by atoms with van der Waals surface area (Å²) in [5, 5.41) is 4.03. The van der Waals surface area contributed by atoms with E-state index >= 15 is 0 Å². The third-order valence-electron chi connectivity index (χ3n) is 1.58. The summed E-state index contributed by atoms with van der Waals surface area (Å²) in [6.07, 6.45) is 2.50. The predicted molar refractivity (Wildman–Crippen MR) is 51.9 cm³/mol. The fourth-order valence-corrected chi connectivity index (χ4v) is 1.51. The lowest BCUT2D eigenvalue weighted by atomic mass is 10.4. The van der Waals surface area contributed by atoms with Crippen LogP contribution >= 0.6 is 15.9 Å². The van der Waals surface area contributed by atoms with Crippen LogP contribution < -0.4 is 11.3 Å². The van der Waals surface area contributed by atoms with Crippen LogP contribution in [-0.2, 0) is 6.54 Å². The molecule has 1 aromatic heterocycles. The lowest BCUT2D eigenvalue weighted by molar-refractivity contribution is 0.0942. The van der Waals surface area contributed by atoms with E-state index in [2.05, 4.69) is 26.5 Å². The minimum atomic E-state index is -0.335. The molecule has 1 heterocycles. The highest BCUT2D eigenvalue weighted by atomic mass is 79.9. The van der Waals surface area contributed by atoms with E-state index in [0.717, 1.165) is 6.42 Å². The zero-order valence-electron chi connectivity index (χ0n) is 7.25. The first-order valence-corrected chi connectivity index (χ1v) is 4.72. The molecule has 13 heavy (non-hydrogen) atoms. The normalized spacial score (nSPS) is 10.1. The molecule has 3 N–H and O–H groups in total. The summed E-state index contributed by atoms with van der Waals surface area (Å²) >= 11 is 3.23. The van der Waals surface area contributed by atoms with Crippen molar-refractivity contribution in [3.05, 3.63) is 16.4 Å². The maximum absolute atomic E-state index is 11.3. The summed E-state index contributed by atoms with van der Waals surface area (Å²) < 4.78 is 2.27. The molecule has 0 aromatic carbocycles. The lowest BCUT2D eigenvalue weighted by Crippen LogP contribution is -2.32. The molecule has 0 aliphatic heterocycles. The maximum atomic E-state index is 11.3. The van der Waals surface area contributed by atoms with Crippen LogP contribution in [0.5, 0.6) is 0 Å². The van der Waals surface area contributed by atoms with Crippen LogP contribution in [0, 0.1) is 0 Å². The van der Waals surface area contributed by atoms with Crippen LogP contribution in [0.25, 0.3) is 0 Å². The van der Waals surface area contributed by atoms with Crippen LogP contribution in [0.15, 0.2) is 10.7 Å². The summed E-state index contributed by atoms with van der Waals surface area (Å²) in [5.74, 6) is 4.70. The van der Waals surface area contributed by atoms with Gasteiger partial charge in [0.25, 0.3) is 5.91 Å². The molecule has 0 atom stereocenters. The third-order valence-corrected chi connectivity index (χ3v) is 2.16. The Morgan fingerprint density at radius 1 is 1.85 bits per heavy atom. The molecule has 0 bridgehead atoms. The Kier molecular flexibility index (Phi) is 3.44. The molecule has 0 spiro atoms. The standard InChI is InChI=1S/C7H11BrN4O/c1-2-3-12-6(7(13)11-9)5(8)4-10-12/h4H,2-3,9H2,1H3,(H,11,13). The first-order chi connectivity index (χ1) is 6.20. The molecule has 72 valence electrons. The minimum Gasteiger partial charge on any atom is -0.289 e. The Labute approximate surface area is 84.4 Å². The molecule has 1 aromatic rings. The number of hydrazine groups is 1. The highest BCUT2D eigenvalue weighted by molar-refractivity contribution is 9.10. The van der Waals surface area contributed by atoms with Gasteiger partial charge in [0, 0.05) is 6.54 Å². The van der Waals surface area contributed by atoms with E-state index in [0.29, 0.717) is 16.7 Å². The van der Waals surface area contributed by atoms with Gasteiger partial charge in [0.1, 0.15) is 5.69 Å². The molecular weight excluding hydrogens is 236 g/mol. The largest absolute Gasteiger partial charge is 0.289 e. The number of carbonyl (C=O) groups excluding carboxylic acids is 1. The molecule has 1 amide bonds. The number of aromatic nitrogens is 2. The maximum Gasteiger partial charge on any atom is 0.284 e. The van der Waals surface area contributed by atoms with Gasteiger partial charge < -0.3 is 0 Å². The van der Waals surface area contributed by atoms with Gasteiger partial charge in [0.2, 0.25) is 0 Å². The molecule has 0 fully saturated rings. The van der Waals surface area contributed by atoms with Crippen LogP contribution in [-0.4, -0.2) is 15.7 Å². The van der Waals surface area contributed by atoms with Crippen molar-refractivity contribution in [1.29, 1.82) is 0 Å². The van der Waals surface area contributed by atoms with Crippen molar-refractivity contribution >= 4 is 21.8 Å². The number of hydrogen-bond donors (Lipinski definition) is 2. The van der Waals surface area contributed by atoms with Gasteiger partial charge in [-0.1, -0.05) is 6.92 Å². The molecule has 6 heteroatoms. The van der Waals surface area contributed by atoms with E-state index < -0.39 is 0 Å². The Bertz CT molecular complexity index is 309. The number of nitrogens with zero attached hydrogens (tertiary/aromatic N) is 2. The van der Waals surface area contributed by atoms with E-state index in [4.69, 9.17) is 5.84 Å². The molecule has 0 aliphatic rings. The lowest BCUT2D eigenvalue weighted by Gasteiger charge is -2.04. The highest BCUT2D eigenvalue weighted by Crippen LogP contribution is 2.15. The summed E-state index contributed by atoms with van der Waals surface area (Å²) in [5.41, 5.74) is 2.54. The Morgan fingerprint density at radius 2 is 2.54 bits per heavy atom. The van der Waals surface area contributed by atoms with Crippen molar-refractivity contribution in [2.75, 3.05) is 0 Å². The van der Waals surface area contributed by atoms with Gasteiger partial charge in [0.15, 0.2) is 0 Å². The van der Waals surface area contributed by atoms with Crippen molar-refractivity contribution in [3.63, 3.8) is 0 Å². The number of hydrogen-bond acceptors (Lipinski definition) is 3. The van der Waals surface area contributed by atoms with Gasteiger partial charge in [-0.25, -0.2) is 5.84 Å². The summed E-state index contributed by atoms with van der Waals surface area (Å²) in [6, 6.07) is 0.